The number of hydrogen-bond donors (Lipinski definition) is 3. The maximum Gasteiger partial charge on any atom is 0.319 e. The van der Waals surface area contributed by atoms with Crippen molar-refractivity contribution in [1.29, 1.82) is 0 Å². The van der Waals surface area contributed by atoms with Gasteiger partial charge in [-0.15, -0.1) is 0 Å². The summed E-state index contributed by atoms with van der Waals surface area (Å²) in [6.07, 6.45) is 0.755. The summed E-state index contributed by atoms with van der Waals surface area (Å²) in [6, 6.07) is 10.5. The monoisotopic (exact) mass is 460 g/mol. The van der Waals surface area contributed by atoms with Gasteiger partial charge in [0.05, 0.1) is 6.04 Å². The Morgan fingerprint density at radius 3 is 2.58 bits per heavy atom. The third-order valence-electron chi connectivity index (χ3n) is 5.64. The number of carbonyl (C=O) groups is 3. The number of anilines is 1. The second kappa shape index (κ2) is 8.77. The van der Waals surface area contributed by atoms with Crippen LogP contribution in [-0.4, -0.2) is 47.4 Å². The van der Waals surface area contributed by atoms with Gasteiger partial charge < -0.3 is 20.9 Å². The minimum atomic E-state index is -0.633. The van der Waals surface area contributed by atoms with E-state index in [2.05, 4.69) is 16.0 Å². The standard InChI is InChI=1S/C22H22Cl2N4O3/c1-12-2-5-15(24)9-17(12)27-22(31)25-16-10-19-20(29)26-18(21(30)28(19)11-16)8-13-3-6-14(23)7-4-13/h2-7,9,16,18-19H,8,10-11H2,1H3,(H,26,29)(H2,25,27,31)/t16-,18-,19-/m0/s1. The van der Waals surface area contributed by atoms with Crippen molar-refractivity contribution in [2.45, 2.75) is 37.9 Å². The lowest BCUT2D eigenvalue weighted by molar-refractivity contribution is -0.147. The van der Waals surface area contributed by atoms with E-state index in [0.717, 1.165) is 11.1 Å². The maximum absolute atomic E-state index is 13.0. The van der Waals surface area contributed by atoms with Gasteiger partial charge in [0.2, 0.25) is 11.8 Å². The summed E-state index contributed by atoms with van der Waals surface area (Å²) in [5, 5.41) is 9.60. The number of fused-ring (bicyclic) bond motifs is 1. The van der Waals surface area contributed by atoms with E-state index < -0.39 is 18.1 Å². The number of benzene rings is 2. The molecule has 0 aromatic heterocycles. The molecule has 2 aliphatic rings. The van der Waals surface area contributed by atoms with Gasteiger partial charge in [0.15, 0.2) is 0 Å². The lowest BCUT2D eigenvalue weighted by atomic mass is 10.0. The van der Waals surface area contributed by atoms with Crippen LogP contribution in [0.1, 0.15) is 17.5 Å². The van der Waals surface area contributed by atoms with Gasteiger partial charge in [-0.2, -0.15) is 0 Å². The van der Waals surface area contributed by atoms with Gasteiger partial charge in [-0.1, -0.05) is 41.4 Å². The zero-order valence-corrected chi connectivity index (χ0v) is 18.3. The molecule has 2 aromatic rings. The number of nitrogens with one attached hydrogen (secondary N) is 3. The third kappa shape index (κ3) is 4.78. The average Bonchev–Trinajstić information content (AvgIpc) is 3.15. The van der Waals surface area contributed by atoms with Crippen molar-refractivity contribution >= 4 is 46.7 Å². The van der Waals surface area contributed by atoms with Crippen LogP contribution in [0.5, 0.6) is 0 Å². The van der Waals surface area contributed by atoms with Gasteiger partial charge in [-0.25, -0.2) is 4.79 Å². The van der Waals surface area contributed by atoms with Gasteiger partial charge in [-0.05, 0) is 48.7 Å². The molecule has 4 rings (SSSR count). The number of piperazine rings is 1. The van der Waals surface area contributed by atoms with E-state index >= 15 is 0 Å². The normalized spacial score (nSPS) is 22.7. The molecule has 0 aliphatic carbocycles. The lowest BCUT2D eigenvalue weighted by Crippen LogP contribution is -2.61. The van der Waals surface area contributed by atoms with Gasteiger partial charge in [0.1, 0.15) is 12.1 Å². The summed E-state index contributed by atoms with van der Waals surface area (Å²) in [4.78, 5) is 39.6. The highest BCUT2D eigenvalue weighted by Gasteiger charge is 2.46. The van der Waals surface area contributed by atoms with Gasteiger partial charge in [0, 0.05) is 28.7 Å². The third-order valence-corrected chi connectivity index (χ3v) is 6.12. The minimum absolute atomic E-state index is 0.144. The first-order valence-electron chi connectivity index (χ1n) is 9.99. The Morgan fingerprint density at radius 2 is 1.84 bits per heavy atom. The Labute approximate surface area is 190 Å². The Bertz CT molecular complexity index is 1030. The molecule has 2 aromatic carbocycles. The average molecular weight is 461 g/mol. The molecule has 3 atom stereocenters. The van der Waals surface area contributed by atoms with Crippen molar-refractivity contribution < 1.29 is 14.4 Å². The van der Waals surface area contributed by atoms with Crippen LogP contribution in [0.4, 0.5) is 10.5 Å². The number of urea groups is 1. The second-order valence-corrected chi connectivity index (χ2v) is 8.76. The Balaban J connectivity index is 1.38. The molecule has 0 radical (unpaired) electrons. The highest BCUT2D eigenvalue weighted by atomic mass is 35.5. The van der Waals surface area contributed by atoms with Gasteiger partial charge in [-0.3, -0.25) is 9.59 Å². The Kier molecular flexibility index (Phi) is 6.07. The molecule has 9 heteroatoms. The van der Waals surface area contributed by atoms with Crippen LogP contribution >= 0.6 is 23.2 Å². The summed E-state index contributed by atoms with van der Waals surface area (Å²) >= 11 is 11.9. The molecule has 0 spiro atoms. The molecule has 0 bridgehead atoms. The van der Waals surface area contributed by atoms with Crippen molar-refractivity contribution in [1.82, 2.24) is 15.5 Å². The van der Waals surface area contributed by atoms with Gasteiger partial charge in [0.25, 0.3) is 0 Å². The number of aryl methyl sites for hydroxylation is 1. The molecule has 2 aliphatic heterocycles. The summed E-state index contributed by atoms with van der Waals surface area (Å²) in [7, 11) is 0. The minimum Gasteiger partial charge on any atom is -0.342 e. The van der Waals surface area contributed by atoms with Crippen LogP contribution in [0.2, 0.25) is 10.0 Å². The smallest absolute Gasteiger partial charge is 0.319 e. The first-order chi connectivity index (χ1) is 14.8. The van der Waals surface area contributed by atoms with Crippen LogP contribution in [-0.2, 0) is 16.0 Å². The molecule has 4 amide bonds. The number of carbonyl (C=O) groups excluding carboxylic acids is 3. The molecule has 7 nitrogen and oxygen atoms in total. The molecular weight excluding hydrogens is 439 g/mol. The quantitative estimate of drug-likeness (QED) is 0.654. The zero-order chi connectivity index (χ0) is 22.1. The van der Waals surface area contributed by atoms with Crippen molar-refractivity contribution in [2.75, 3.05) is 11.9 Å². The summed E-state index contributed by atoms with van der Waals surface area (Å²) < 4.78 is 0. The molecule has 2 saturated heterocycles. The van der Waals surface area contributed by atoms with E-state index in [1.807, 2.05) is 25.1 Å². The molecule has 31 heavy (non-hydrogen) atoms. The molecule has 0 unspecified atom stereocenters. The van der Waals surface area contributed by atoms with E-state index in [9.17, 15) is 14.4 Å². The molecule has 3 N–H and O–H groups in total. The van der Waals surface area contributed by atoms with Crippen LogP contribution in [0.25, 0.3) is 0 Å². The maximum atomic E-state index is 13.0. The second-order valence-electron chi connectivity index (χ2n) is 7.89. The summed E-state index contributed by atoms with van der Waals surface area (Å²) in [5.41, 5.74) is 2.40. The summed E-state index contributed by atoms with van der Waals surface area (Å²) in [6.45, 7) is 2.15. The van der Waals surface area contributed by atoms with Crippen molar-refractivity contribution in [2.24, 2.45) is 0 Å². The lowest BCUT2D eigenvalue weighted by Gasteiger charge is -2.34. The molecule has 2 heterocycles. The van der Waals surface area contributed by atoms with E-state index in [1.165, 1.54) is 0 Å². The van der Waals surface area contributed by atoms with E-state index in [1.54, 1.807) is 29.2 Å². The highest BCUT2D eigenvalue weighted by molar-refractivity contribution is 6.31. The molecule has 162 valence electrons. The SMILES string of the molecule is Cc1ccc(Cl)cc1NC(=O)N[C@H]1C[C@H]2C(=O)N[C@@H](Cc3ccc(Cl)cc3)C(=O)N2C1. The number of rotatable bonds is 4. The predicted molar refractivity (Wildman–Crippen MR) is 119 cm³/mol. The molecule has 2 fully saturated rings. The highest BCUT2D eigenvalue weighted by Crippen LogP contribution is 2.25. The zero-order valence-electron chi connectivity index (χ0n) is 16.8. The van der Waals surface area contributed by atoms with Crippen molar-refractivity contribution in [3.05, 3.63) is 63.6 Å². The van der Waals surface area contributed by atoms with Crippen LogP contribution in [0.3, 0.4) is 0 Å². The largest absolute Gasteiger partial charge is 0.342 e. The van der Waals surface area contributed by atoms with Crippen LogP contribution in [0.15, 0.2) is 42.5 Å². The number of amides is 4. The topological polar surface area (TPSA) is 90.5 Å². The number of nitrogens with zero attached hydrogens (tertiary/aromatic N) is 1. The summed E-state index contributed by atoms with van der Waals surface area (Å²) in [5.74, 6) is -0.344. The first-order valence-corrected chi connectivity index (χ1v) is 10.7. The van der Waals surface area contributed by atoms with E-state index in [0.29, 0.717) is 28.6 Å². The number of hydrogen-bond acceptors (Lipinski definition) is 3. The first kappa shape index (κ1) is 21.5. The van der Waals surface area contributed by atoms with Gasteiger partial charge >= 0.3 is 6.03 Å². The predicted octanol–water partition coefficient (Wildman–Crippen LogP) is 3.13. The van der Waals surface area contributed by atoms with Crippen molar-refractivity contribution in [3.63, 3.8) is 0 Å². The van der Waals surface area contributed by atoms with Crippen LogP contribution in [0, 0.1) is 6.92 Å². The van der Waals surface area contributed by atoms with Crippen molar-refractivity contribution in [3.8, 4) is 0 Å². The fraction of sp³-hybridized carbons (Fsp3) is 0.318. The Hall–Kier alpha value is -2.77. The fourth-order valence-corrected chi connectivity index (χ4v) is 4.33. The number of halogens is 2. The Morgan fingerprint density at radius 1 is 1.13 bits per heavy atom. The molecule has 0 saturated carbocycles. The van der Waals surface area contributed by atoms with Crippen LogP contribution < -0.4 is 16.0 Å². The molecular formula is C22H22Cl2N4O3. The fourth-order valence-electron chi connectivity index (χ4n) is 4.03. The van der Waals surface area contributed by atoms with E-state index in [4.69, 9.17) is 23.2 Å². The van der Waals surface area contributed by atoms with E-state index in [-0.39, 0.29) is 24.4 Å².